The minimum Gasteiger partial charge on any atom is -0.481 e. The third-order valence-electron chi connectivity index (χ3n) is 3.34. The van der Waals surface area contributed by atoms with E-state index in [1.165, 1.54) is 6.20 Å². The van der Waals surface area contributed by atoms with Gasteiger partial charge in [-0.3, -0.25) is 14.6 Å². The molecule has 6 nitrogen and oxygen atoms in total. The molecule has 1 heterocycles. The van der Waals surface area contributed by atoms with Crippen molar-refractivity contribution in [1.29, 1.82) is 0 Å². The van der Waals surface area contributed by atoms with Crippen LogP contribution in [0.3, 0.4) is 0 Å². The summed E-state index contributed by atoms with van der Waals surface area (Å²) in [6.07, 6.45) is 1.89. The number of para-hydroxylation sites is 1. The van der Waals surface area contributed by atoms with Crippen LogP contribution in [0.2, 0.25) is 0 Å². The molecule has 1 unspecified atom stereocenters. The highest BCUT2D eigenvalue weighted by Gasteiger charge is 2.14. The van der Waals surface area contributed by atoms with E-state index in [1.54, 1.807) is 6.92 Å². The Morgan fingerprint density at radius 3 is 2.76 bits per heavy atom. The lowest BCUT2D eigenvalue weighted by Gasteiger charge is -2.14. The highest BCUT2D eigenvalue weighted by atomic mass is 16.4. The van der Waals surface area contributed by atoms with Gasteiger partial charge in [-0.1, -0.05) is 25.1 Å². The van der Waals surface area contributed by atoms with E-state index >= 15 is 0 Å². The number of aromatic nitrogens is 1. The summed E-state index contributed by atoms with van der Waals surface area (Å²) >= 11 is 0. The number of nitrogens with zero attached hydrogens (tertiary/aromatic N) is 1. The summed E-state index contributed by atoms with van der Waals surface area (Å²) in [7, 11) is 0. The number of nitrogens with one attached hydrogen (secondary N) is 1. The summed E-state index contributed by atoms with van der Waals surface area (Å²) in [5.74, 6) is -1.86. The first-order chi connectivity index (χ1) is 10.0. The fourth-order valence-electron chi connectivity index (χ4n) is 2.06. The molecule has 0 bridgehead atoms. The molecule has 0 aliphatic heterocycles. The average Bonchev–Trinajstić information content (AvgIpc) is 2.46. The minimum atomic E-state index is -0.841. The molecule has 0 radical (unpaired) electrons. The smallest absolute Gasteiger partial charge is 0.306 e. The summed E-state index contributed by atoms with van der Waals surface area (Å²) in [5, 5.41) is 12.8. The van der Waals surface area contributed by atoms with Crippen molar-refractivity contribution in [3.8, 4) is 0 Å². The van der Waals surface area contributed by atoms with Crippen LogP contribution >= 0.6 is 0 Å². The number of aliphatic carboxylic acids is 1. The minimum absolute atomic E-state index is 0.302. The lowest BCUT2D eigenvalue weighted by molar-refractivity contribution is -0.141. The van der Waals surface area contributed by atoms with Crippen LogP contribution in [0.25, 0.3) is 10.9 Å². The molecule has 2 aromatic rings. The maximum Gasteiger partial charge on any atom is 0.306 e. The van der Waals surface area contributed by atoms with E-state index in [0.29, 0.717) is 24.2 Å². The number of pyridine rings is 1. The van der Waals surface area contributed by atoms with Gasteiger partial charge in [0.25, 0.3) is 5.91 Å². The van der Waals surface area contributed by atoms with Gasteiger partial charge < -0.3 is 16.2 Å². The van der Waals surface area contributed by atoms with Crippen molar-refractivity contribution in [2.45, 2.75) is 13.3 Å². The molecule has 1 amide bonds. The number of anilines is 1. The molecule has 0 spiro atoms. The maximum absolute atomic E-state index is 11.5. The van der Waals surface area contributed by atoms with E-state index in [4.69, 9.17) is 10.8 Å². The molecule has 110 valence electrons. The molecule has 0 saturated heterocycles. The number of hydrogen-bond donors (Lipinski definition) is 3. The Bertz CT molecular complexity index is 685. The van der Waals surface area contributed by atoms with Crippen molar-refractivity contribution >= 4 is 28.5 Å². The van der Waals surface area contributed by atoms with Crippen molar-refractivity contribution in [2.75, 3.05) is 11.9 Å². The van der Waals surface area contributed by atoms with Gasteiger partial charge in [0, 0.05) is 18.1 Å². The average molecular weight is 287 g/mol. The Morgan fingerprint density at radius 2 is 2.10 bits per heavy atom. The Balaban J connectivity index is 2.29. The van der Waals surface area contributed by atoms with Crippen LogP contribution in [0.1, 0.15) is 23.7 Å². The van der Waals surface area contributed by atoms with Crippen LogP contribution in [-0.2, 0) is 4.79 Å². The zero-order valence-electron chi connectivity index (χ0n) is 11.7. The van der Waals surface area contributed by atoms with Crippen molar-refractivity contribution in [3.05, 3.63) is 36.0 Å². The largest absolute Gasteiger partial charge is 0.481 e. The second kappa shape index (κ2) is 6.21. The Hall–Kier alpha value is -2.63. The Morgan fingerprint density at radius 1 is 1.38 bits per heavy atom. The quantitative estimate of drug-likeness (QED) is 0.752. The van der Waals surface area contributed by atoms with Crippen molar-refractivity contribution in [3.63, 3.8) is 0 Å². The van der Waals surface area contributed by atoms with Crippen LogP contribution in [0.5, 0.6) is 0 Å². The fourth-order valence-corrected chi connectivity index (χ4v) is 2.06. The Labute approximate surface area is 122 Å². The normalized spacial score (nSPS) is 12.0. The van der Waals surface area contributed by atoms with E-state index in [1.807, 2.05) is 24.3 Å². The lowest BCUT2D eigenvalue weighted by atomic mass is 10.1. The van der Waals surface area contributed by atoms with E-state index in [-0.39, 0.29) is 0 Å². The number of primary amides is 1. The molecular formula is C15H17N3O3. The van der Waals surface area contributed by atoms with Gasteiger partial charge in [-0.2, -0.15) is 0 Å². The first-order valence-corrected chi connectivity index (χ1v) is 6.65. The molecule has 1 aromatic heterocycles. The highest BCUT2D eigenvalue weighted by molar-refractivity contribution is 6.06. The summed E-state index contributed by atoms with van der Waals surface area (Å²) in [5.41, 5.74) is 7.02. The number of carbonyl (C=O) groups is 2. The van der Waals surface area contributed by atoms with Crippen LogP contribution in [0.15, 0.2) is 30.5 Å². The predicted molar refractivity (Wildman–Crippen MR) is 80.2 cm³/mol. The second-order valence-electron chi connectivity index (χ2n) is 4.88. The van der Waals surface area contributed by atoms with Gasteiger partial charge >= 0.3 is 5.97 Å². The van der Waals surface area contributed by atoms with Crippen molar-refractivity contribution in [2.24, 2.45) is 11.7 Å². The summed E-state index contributed by atoms with van der Waals surface area (Å²) in [4.78, 5) is 26.5. The number of amides is 1. The summed E-state index contributed by atoms with van der Waals surface area (Å²) in [6, 6.07) is 7.39. The molecule has 0 aliphatic rings. The molecule has 1 atom stereocenters. The van der Waals surface area contributed by atoms with E-state index in [0.717, 1.165) is 10.9 Å². The van der Waals surface area contributed by atoms with E-state index in [9.17, 15) is 9.59 Å². The number of carbonyl (C=O) groups excluding carboxylic acids is 1. The molecule has 0 aliphatic carbocycles. The molecule has 1 aromatic carbocycles. The monoisotopic (exact) mass is 287 g/mol. The number of nitrogens with two attached hydrogens (primary N) is 1. The van der Waals surface area contributed by atoms with Gasteiger partial charge in [0.05, 0.1) is 22.7 Å². The first kappa shape index (κ1) is 14.8. The van der Waals surface area contributed by atoms with Gasteiger partial charge in [0.2, 0.25) is 0 Å². The van der Waals surface area contributed by atoms with Crippen LogP contribution in [0.4, 0.5) is 5.69 Å². The molecule has 6 heteroatoms. The van der Waals surface area contributed by atoms with Gasteiger partial charge in [-0.15, -0.1) is 0 Å². The molecule has 4 N–H and O–H groups in total. The molecule has 0 fully saturated rings. The zero-order chi connectivity index (χ0) is 15.4. The summed E-state index contributed by atoms with van der Waals surface area (Å²) in [6.45, 7) is 2.07. The molecule has 2 rings (SSSR count). The van der Waals surface area contributed by atoms with Crippen molar-refractivity contribution < 1.29 is 14.7 Å². The SMILES string of the molecule is CC(CCNc1c(C(N)=O)cnc2ccccc12)C(=O)O. The number of carboxylic acids is 1. The van der Waals surface area contributed by atoms with Gasteiger partial charge in [-0.25, -0.2) is 0 Å². The number of carboxylic acid groups (broad SMARTS) is 1. The molecule has 21 heavy (non-hydrogen) atoms. The van der Waals surface area contributed by atoms with Gasteiger partial charge in [0.1, 0.15) is 0 Å². The van der Waals surface area contributed by atoms with E-state index < -0.39 is 17.8 Å². The molecule has 0 saturated carbocycles. The Kier molecular flexibility index (Phi) is 4.37. The van der Waals surface area contributed by atoms with Gasteiger partial charge in [-0.05, 0) is 12.5 Å². The van der Waals surface area contributed by atoms with Gasteiger partial charge in [0.15, 0.2) is 0 Å². The first-order valence-electron chi connectivity index (χ1n) is 6.65. The highest BCUT2D eigenvalue weighted by Crippen LogP contribution is 2.25. The second-order valence-corrected chi connectivity index (χ2v) is 4.88. The maximum atomic E-state index is 11.5. The number of rotatable bonds is 6. The fraction of sp³-hybridized carbons (Fsp3) is 0.267. The standard InChI is InChI=1S/C15H17N3O3/c1-9(15(20)21)6-7-17-13-10-4-2-3-5-12(10)18-8-11(13)14(16)19/h2-5,8-9H,6-7H2,1H3,(H2,16,19)(H,17,18)(H,20,21). The predicted octanol–water partition coefficient (Wildman–Crippen LogP) is 1.86. The number of benzene rings is 1. The number of hydrogen-bond acceptors (Lipinski definition) is 4. The third-order valence-corrected chi connectivity index (χ3v) is 3.34. The van der Waals surface area contributed by atoms with E-state index in [2.05, 4.69) is 10.3 Å². The topological polar surface area (TPSA) is 105 Å². The zero-order valence-corrected chi connectivity index (χ0v) is 11.7. The number of fused-ring (bicyclic) bond motifs is 1. The molecular weight excluding hydrogens is 270 g/mol. The van der Waals surface area contributed by atoms with Crippen molar-refractivity contribution in [1.82, 2.24) is 4.98 Å². The van der Waals surface area contributed by atoms with Crippen LogP contribution in [0, 0.1) is 5.92 Å². The van der Waals surface area contributed by atoms with Crippen LogP contribution in [-0.4, -0.2) is 28.5 Å². The third kappa shape index (κ3) is 3.28. The lowest BCUT2D eigenvalue weighted by Crippen LogP contribution is -2.18. The van der Waals surface area contributed by atoms with Crippen LogP contribution < -0.4 is 11.1 Å². The summed E-state index contributed by atoms with van der Waals surface area (Å²) < 4.78 is 0.